The van der Waals surface area contributed by atoms with Crippen LogP contribution in [0.25, 0.3) is 10.9 Å². The Morgan fingerprint density at radius 3 is 3.09 bits per heavy atom. The van der Waals surface area contributed by atoms with Crippen LogP contribution in [0.1, 0.15) is 39.0 Å². The number of nitrogens with zero attached hydrogens (tertiary/aromatic N) is 3. The molecule has 1 atom stereocenters. The number of unbranched alkanes of at least 4 members (excludes halogenated alkanes) is 3. The van der Waals surface area contributed by atoms with Gasteiger partial charge in [0.25, 0.3) is 0 Å². The van der Waals surface area contributed by atoms with Crippen molar-refractivity contribution in [2.75, 3.05) is 11.4 Å². The zero-order valence-corrected chi connectivity index (χ0v) is 12.9. The molecule has 22 heavy (non-hydrogen) atoms. The molecule has 0 N–H and O–H groups in total. The van der Waals surface area contributed by atoms with Gasteiger partial charge in [0.15, 0.2) is 0 Å². The summed E-state index contributed by atoms with van der Waals surface area (Å²) in [6.07, 6.45) is 8.76. The summed E-state index contributed by atoms with van der Waals surface area (Å²) in [5, 5.41) is 0.968. The quantitative estimate of drug-likeness (QED) is 0.758. The minimum atomic E-state index is -0.256. The standard InChI is InChI=1S/C17H21N3O2/c1-2-3-4-5-6-15-11-20(17(21)22-15)14-8-7-13-10-18-12-19-16(13)9-14/h7-10,12,15H,2-6,11H2,1H3. The highest BCUT2D eigenvalue weighted by Gasteiger charge is 2.31. The Balaban J connectivity index is 1.67. The van der Waals surface area contributed by atoms with Crippen LogP contribution in [0.2, 0.25) is 0 Å². The number of carbonyl (C=O) groups is 1. The van der Waals surface area contributed by atoms with Crippen LogP contribution in [0.5, 0.6) is 0 Å². The van der Waals surface area contributed by atoms with Crippen molar-refractivity contribution < 1.29 is 9.53 Å². The van der Waals surface area contributed by atoms with Crippen LogP contribution in [0.4, 0.5) is 10.5 Å². The predicted molar refractivity (Wildman–Crippen MR) is 85.9 cm³/mol. The van der Waals surface area contributed by atoms with Crippen molar-refractivity contribution in [1.29, 1.82) is 0 Å². The first-order valence-corrected chi connectivity index (χ1v) is 7.96. The number of benzene rings is 1. The van der Waals surface area contributed by atoms with Crippen molar-refractivity contribution in [1.82, 2.24) is 9.97 Å². The van der Waals surface area contributed by atoms with Gasteiger partial charge < -0.3 is 4.74 Å². The number of fused-ring (bicyclic) bond motifs is 1. The summed E-state index contributed by atoms with van der Waals surface area (Å²) in [7, 11) is 0. The summed E-state index contributed by atoms with van der Waals surface area (Å²) >= 11 is 0. The van der Waals surface area contributed by atoms with Crippen LogP contribution < -0.4 is 4.90 Å². The van der Waals surface area contributed by atoms with Gasteiger partial charge in [-0.25, -0.2) is 14.8 Å². The number of amides is 1. The molecule has 3 rings (SSSR count). The molecule has 2 aromatic rings. The third kappa shape index (κ3) is 3.18. The molecule has 0 spiro atoms. The molecule has 1 aromatic carbocycles. The fourth-order valence-corrected chi connectivity index (χ4v) is 2.81. The Bertz CT molecular complexity index is 659. The van der Waals surface area contributed by atoms with Gasteiger partial charge in [-0.3, -0.25) is 4.90 Å². The van der Waals surface area contributed by atoms with E-state index in [0.29, 0.717) is 6.54 Å². The molecule has 0 radical (unpaired) electrons. The second-order valence-corrected chi connectivity index (χ2v) is 5.73. The first kappa shape index (κ1) is 14.8. The van der Waals surface area contributed by atoms with Gasteiger partial charge in [-0.2, -0.15) is 0 Å². The topological polar surface area (TPSA) is 55.3 Å². The highest BCUT2D eigenvalue weighted by Crippen LogP contribution is 2.26. The average molecular weight is 299 g/mol. The molecule has 1 fully saturated rings. The lowest BCUT2D eigenvalue weighted by atomic mass is 10.1. The Kier molecular flexibility index (Phi) is 4.51. The fraction of sp³-hybridized carbons (Fsp3) is 0.471. The number of rotatable bonds is 6. The molecule has 0 bridgehead atoms. The van der Waals surface area contributed by atoms with E-state index in [1.54, 1.807) is 11.1 Å². The van der Waals surface area contributed by atoms with E-state index in [-0.39, 0.29) is 12.2 Å². The zero-order chi connectivity index (χ0) is 15.4. The summed E-state index contributed by atoms with van der Waals surface area (Å²) in [5.41, 5.74) is 1.68. The second-order valence-electron chi connectivity index (χ2n) is 5.73. The molecule has 0 saturated carbocycles. The monoisotopic (exact) mass is 299 g/mol. The van der Waals surface area contributed by atoms with Gasteiger partial charge in [0, 0.05) is 17.3 Å². The average Bonchev–Trinajstić information content (AvgIpc) is 2.92. The van der Waals surface area contributed by atoms with Crippen molar-refractivity contribution >= 4 is 22.7 Å². The Morgan fingerprint density at radius 2 is 2.23 bits per heavy atom. The molecular formula is C17H21N3O2. The van der Waals surface area contributed by atoms with E-state index >= 15 is 0 Å². The van der Waals surface area contributed by atoms with Crippen molar-refractivity contribution in [3.63, 3.8) is 0 Å². The molecule has 1 unspecified atom stereocenters. The van der Waals surface area contributed by atoms with Crippen molar-refractivity contribution in [2.24, 2.45) is 0 Å². The molecular weight excluding hydrogens is 278 g/mol. The van der Waals surface area contributed by atoms with Gasteiger partial charge in [0.2, 0.25) is 0 Å². The number of ether oxygens (including phenoxy) is 1. The summed E-state index contributed by atoms with van der Waals surface area (Å²) in [5.74, 6) is 0. The fourth-order valence-electron chi connectivity index (χ4n) is 2.81. The van der Waals surface area contributed by atoms with Gasteiger partial charge in [-0.1, -0.05) is 26.2 Å². The number of anilines is 1. The van der Waals surface area contributed by atoms with Crippen molar-refractivity contribution in [3.05, 3.63) is 30.7 Å². The molecule has 5 nitrogen and oxygen atoms in total. The van der Waals surface area contributed by atoms with Crippen LogP contribution >= 0.6 is 0 Å². The lowest BCUT2D eigenvalue weighted by molar-refractivity contribution is 0.135. The van der Waals surface area contributed by atoms with Crippen molar-refractivity contribution in [2.45, 2.75) is 45.1 Å². The maximum Gasteiger partial charge on any atom is 0.414 e. The molecule has 0 aliphatic carbocycles. The summed E-state index contributed by atoms with van der Waals surface area (Å²) in [4.78, 5) is 22.0. The normalized spacial score (nSPS) is 18.0. The van der Waals surface area contributed by atoms with Gasteiger partial charge in [-0.05, 0) is 31.0 Å². The van der Waals surface area contributed by atoms with Crippen LogP contribution in [0, 0.1) is 0 Å². The minimum Gasteiger partial charge on any atom is -0.444 e. The van der Waals surface area contributed by atoms with E-state index in [1.165, 1.54) is 25.6 Å². The van der Waals surface area contributed by atoms with Gasteiger partial charge in [-0.15, -0.1) is 0 Å². The lowest BCUT2D eigenvalue weighted by Gasteiger charge is -2.13. The van der Waals surface area contributed by atoms with E-state index in [4.69, 9.17) is 4.74 Å². The first-order chi connectivity index (χ1) is 10.8. The number of hydrogen-bond donors (Lipinski definition) is 0. The van der Waals surface area contributed by atoms with Crippen LogP contribution in [0.3, 0.4) is 0 Å². The molecule has 1 saturated heterocycles. The SMILES string of the molecule is CCCCCCC1CN(c2ccc3cncnc3c2)C(=O)O1. The number of carbonyl (C=O) groups excluding carboxylic acids is 1. The lowest BCUT2D eigenvalue weighted by Crippen LogP contribution is -2.24. The highest BCUT2D eigenvalue weighted by atomic mass is 16.6. The summed E-state index contributed by atoms with van der Waals surface area (Å²) < 4.78 is 5.47. The molecule has 1 aliphatic rings. The van der Waals surface area contributed by atoms with E-state index in [2.05, 4.69) is 16.9 Å². The first-order valence-electron chi connectivity index (χ1n) is 7.96. The predicted octanol–water partition coefficient (Wildman–Crippen LogP) is 3.93. The zero-order valence-electron chi connectivity index (χ0n) is 12.9. The minimum absolute atomic E-state index is 0.00505. The Labute approximate surface area is 130 Å². The van der Waals surface area contributed by atoms with E-state index in [0.717, 1.165) is 29.4 Å². The molecule has 1 aromatic heterocycles. The van der Waals surface area contributed by atoms with Crippen molar-refractivity contribution in [3.8, 4) is 0 Å². The number of aromatic nitrogens is 2. The van der Waals surface area contributed by atoms with Gasteiger partial charge >= 0.3 is 6.09 Å². The van der Waals surface area contributed by atoms with Crippen LogP contribution in [0.15, 0.2) is 30.7 Å². The Hall–Kier alpha value is -2.17. The smallest absolute Gasteiger partial charge is 0.414 e. The van der Waals surface area contributed by atoms with E-state index < -0.39 is 0 Å². The number of hydrogen-bond acceptors (Lipinski definition) is 4. The third-order valence-corrected chi connectivity index (χ3v) is 4.06. The summed E-state index contributed by atoms with van der Waals surface area (Å²) in [6.45, 7) is 2.82. The molecule has 1 aliphatic heterocycles. The maximum atomic E-state index is 12.1. The second kappa shape index (κ2) is 6.73. The van der Waals surface area contributed by atoms with Gasteiger partial charge in [0.1, 0.15) is 12.4 Å². The molecule has 2 heterocycles. The van der Waals surface area contributed by atoms with E-state index in [9.17, 15) is 4.79 Å². The molecule has 5 heteroatoms. The Morgan fingerprint density at radius 1 is 1.32 bits per heavy atom. The molecule has 116 valence electrons. The maximum absolute atomic E-state index is 12.1. The molecule has 1 amide bonds. The third-order valence-electron chi connectivity index (χ3n) is 4.06. The summed E-state index contributed by atoms with van der Waals surface area (Å²) in [6, 6.07) is 5.77. The highest BCUT2D eigenvalue weighted by molar-refractivity contribution is 5.92. The van der Waals surface area contributed by atoms with Gasteiger partial charge in [0.05, 0.1) is 12.1 Å². The van der Waals surface area contributed by atoms with Crippen LogP contribution in [-0.4, -0.2) is 28.7 Å². The van der Waals surface area contributed by atoms with E-state index in [1.807, 2.05) is 18.2 Å². The number of cyclic esters (lactones) is 1. The largest absolute Gasteiger partial charge is 0.444 e. The van der Waals surface area contributed by atoms with Crippen LogP contribution in [-0.2, 0) is 4.74 Å².